The number of halogens is 1. The number of ether oxygens (including phenoxy) is 1. The Labute approximate surface area is 120 Å². The molecule has 4 nitrogen and oxygen atoms in total. The van der Waals surface area contributed by atoms with E-state index >= 15 is 0 Å². The second-order valence-corrected chi connectivity index (χ2v) is 6.71. The van der Waals surface area contributed by atoms with Crippen LogP contribution in [0.2, 0.25) is 0 Å². The molecule has 0 heterocycles. The minimum absolute atomic E-state index is 0.0279. The average molecular weight is 306 g/mol. The largest absolute Gasteiger partial charge is 0.385 e. The first-order valence-electron chi connectivity index (χ1n) is 6.05. The Hall–Kier alpha value is -0.620. The number of sulfonamides is 1. The van der Waals surface area contributed by atoms with Gasteiger partial charge in [0.05, 0.1) is 11.3 Å². The van der Waals surface area contributed by atoms with Crippen LogP contribution >= 0.6 is 11.6 Å². The summed E-state index contributed by atoms with van der Waals surface area (Å²) in [6.07, 6.45) is 0.457. The van der Waals surface area contributed by atoms with Crippen LogP contribution in [-0.2, 0) is 20.3 Å². The lowest BCUT2D eigenvalue weighted by Crippen LogP contribution is -2.45. The van der Waals surface area contributed by atoms with Gasteiger partial charge in [0.15, 0.2) is 0 Å². The first kappa shape index (κ1) is 16.4. The van der Waals surface area contributed by atoms with Crippen LogP contribution in [-0.4, -0.2) is 33.8 Å². The molecular weight excluding hydrogens is 286 g/mol. The number of benzene rings is 1. The minimum atomic E-state index is -3.39. The van der Waals surface area contributed by atoms with Gasteiger partial charge in [-0.3, -0.25) is 0 Å². The van der Waals surface area contributed by atoms with Crippen LogP contribution in [0.25, 0.3) is 0 Å². The molecule has 0 saturated carbocycles. The van der Waals surface area contributed by atoms with Crippen molar-refractivity contribution >= 4 is 21.6 Å². The van der Waals surface area contributed by atoms with E-state index in [1.54, 1.807) is 14.0 Å². The molecule has 108 valence electrons. The zero-order chi connectivity index (χ0) is 14.4. The van der Waals surface area contributed by atoms with Gasteiger partial charge in [-0.1, -0.05) is 30.3 Å². The van der Waals surface area contributed by atoms with Crippen molar-refractivity contribution in [1.82, 2.24) is 4.72 Å². The third-order valence-electron chi connectivity index (χ3n) is 2.82. The lowest BCUT2D eigenvalue weighted by atomic mass is 9.96. The molecule has 1 atom stereocenters. The maximum absolute atomic E-state index is 12.0. The van der Waals surface area contributed by atoms with E-state index in [0.717, 1.165) is 5.56 Å². The number of hydrogen-bond donors (Lipinski definition) is 1. The Morgan fingerprint density at radius 3 is 2.47 bits per heavy atom. The standard InChI is InChI=1S/C13H20ClNO3S/c1-13(11-14,12-7-4-3-5-8-12)15-19(16,17)10-6-9-18-2/h3-5,7-8,15H,6,9-11H2,1-2H3. The summed E-state index contributed by atoms with van der Waals surface area (Å²) < 4.78 is 31.6. The molecule has 0 saturated heterocycles. The fraction of sp³-hybridized carbons (Fsp3) is 0.538. The lowest BCUT2D eigenvalue weighted by molar-refractivity contribution is 0.199. The van der Waals surface area contributed by atoms with Crippen LogP contribution in [0.5, 0.6) is 0 Å². The summed E-state index contributed by atoms with van der Waals surface area (Å²) in [5.41, 5.74) is 0.0506. The molecule has 0 aromatic heterocycles. The summed E-state index contributed by atoms with van der Waals surface area (Å²) in [6.45, 7) is 2.20. The molecule has 6 heteroatoms. The molecule has 0 aliphatic carbocycles. The predicted molar refractivity (Wildman–Crippen MR) is 77.9 cm³/mol. The predicted octanol–water partition coefficient (Wildman–Crippen LogP) is 2.10. The maximum Gasteiger partial charge on any atom is 0.212 e. The van der Waals surface area contributed by atoms with Crippen molar-refractivity contribution in [3.8, 4) is 0 Å². The Kier molecular flexibility index (Phi) is 6.26. The quantitative estimate of drug-likeness (QED) is 0.591. The van der Waals surface area contributed by atoms with E-state index in [2.05, 4.69) is 4.72 Å². The van der Waals surface area contributed by atoms with E-state index in [4.69, 9.17) is 16.3 Å². The molecule has 0 amide bonds. The van der Waals surface area contributed by atoms with Gasteiger partial charge in [-0.05, 0) is 18.9 Å². The van der Waals surface area contributed by atoms with Gasteiger partial charge in [-0.15, -0.1) is 11.6 Å². The van der Waals surface area contributed by atoms with Crippen LogP contribution in [0.4, 0.5) is 0 Å². The zero-order valence-electron chi connectivity index (χ0n) is 11.2. The second-order valence-electron chi connectivity index (χ2n) is 4.60. The lowest BCUT2D eigenvalue weighted by Gasteiger charge is -2.28. The minimum Gasteiger partial charge on any atom is -0.385 e. The van der Waals surface area contributed by atoms with Crippen molar-refractivity contribution in [2.45, 2.75) is 18.9 Å². The third kappa shape index (κ3) is 5.10. The molecule has 1 aromatic rings. The summed E-state index contributed by atoms with van der Waals surface area (Å²) in [6, 6.07) is 9.32. The Morgan fingerprint density at radius 2 is 1.95 bits per heavy atom. The van der Waals surface area contributed by atoms with Gasteiger partial charge in [0, 0.05) is 19.6 Å². The monoisotopic (exact) mass is 305 g/mol. The average Bonchev–Trinajstić information content (AvgIpc) is 2.39. The van der Waals surface area contributed by atoms with Crippen LogP contribution < -0.4 is 4.72 Å². The van der Waals surface area contributed by atoms with E-state index in [9.17, 15) is 8.42 Å². The molecule has 1 aromatic carbocycles. The summed E-state index contributed by atoms with van der Waals surface area (Å²) >= 11 is 5.96. The van der Waals surface area contributed by atoms with Crippen LogP contribution in [0.1, 0.15) is 18.9 Å². The summed E-state index contributed by atoms with van der Waals surface area (Å²) in [4.78, 5) is 0. The molecule has 0 spiro atoms. The van der Waals surface area contributed by atoms with E-state index in [1.165, 1.54) is 0 Å². The van der Waals surface area contributed by atoms with Gasteiger partial charge in [0.2, 0.25) is 10.0 Å². The normalized spacial score (nSPS) is 15.1. The topological polar surface area (TPSA) is 55.4 Å². The van der Waals surface area contributed by atoms with Crippen LogP contribution in [0, 0.1) is 0 Å². The van der Waals surface area contributed by atoms with Gasteiger partial charge >= 0.3 is 0 Å². The van der Waals surface area contributed by atoms with Gasteiger partial charge < -0.3 is 4.74 Å². The van der Waals surface area contributed by atoms with Crippen molar-refractivity contribution in [1.29, 1.82) is 0 Å². The number of methoxy groups -OCH3 is 1. The van der Waals surface area contributed by atoms with Crippen molar-refractivity contribution < 1.29 is 13.2 Å². The van der Waals surface area contributed by atoms with Crippen molar-refractivity contribution in [2.24, 2.45) is 0 Å². The number of rotatable bonds is 8. The third-order valence-corrected chi connectivity index (χ3v) is 4.94. The molecule has 0 bridgehead atoms. The fourth-order valence-corrected chi connectivity index (χ4v) is 3.53. The summed E-state index contributed by atoms with van der Waals surface area (Å²) in [7, 11) is -1.84. The fourth-order valence-electron chi connectivity index (χ4n) is 1.76. The molecule has 1 unspecified atom stereocenters. The first-order chi connectivity index (χ1) is 8.93. The van der Waals surface area contributed by atoms with Crippen molar-refractivity contribution in [3.63, 3.8) is 0 Å². The molecule has 1 N–H and O–H groups in total. The molecule has 0 radical (unpaired) electrons. The second kappa shape index (κ2) is 7.24. The highest BCUT2D eigenvalue weighted by Crippen LogP contribution is 2.23. The zero-order valence-corrected chi connectivity index (χ0v) is 12.8. The Balaban J connectivity index is 2.81. The van der Waals surface area contributed by atoms with Crippen molar-refractivity contribution in [3.05, 3.63) is 35.9 Å². The number of alkyl halides is 1. The van der Waals surface area contributed by atoms with Crippen molar-refractivity contribution in [2.75, 3.05) is 25.3 Å². The Bertz CT molecular complexity index is 478. The molecular formula is C13H20ClNO3S. The highest BCUT2D eigenvalue weighted by Gasteiger charge is 2.30. The first-order valence-corrected chi connectivity index (χ1v) is 8.24. The molecule has 0 aliphatic rings. The van der Waals surface area contributed by atoms with E-state index < -0.39 is 15.6 Å². The Morgan fingerprint density at radius 1 is 1.32 bits per heavy atom. The molecule has 19 heavy (non-hydrogen) atoms. The highest BCUT2D eigenvalue weighted by molar-refractivity contribution is 7.89. The number of nitrogens with one attached hydrogen (secondary N) is 1. The van der Waals surface area contributed by atoms with E-state index in [0.29, 0.717) is 13.0 Å². The van der Waals surface area contributed by atoms with E-state index in [1.807, 2.05) is 30.3 Å². The maximum atomic E-state index is 12.0. The van der Waals surface area contributed by atoms with Gasteiger partial charge in [-0.25, -0.2) is 13.1 Å². The highest BCUT2D eigenvalue weighted by atomic mass is 35.5. The smallest absolute Gasteiger partial charge is 0.212 e. The summed E-state index contributed by atoms with van der Waals surface area (Å²) in [5.74, 6) is 0.195. The van der Waals surface area contributed by atoms with Gasteiger partial charge in [-0.2, -0.15) is 0 Å². The van der Waals surface area contributed by atoms with Gasteiger partial charge in [0.25, 0.3) is 0 Å². The molecule has 0 fully saturated rings. The number of hydrogen-bond acceptors (Lipinski definition) is 3. The van der Waals surface area contributed by atoms with Crippen LogP contribution in [0.15, 0.2) is 30.3 Å². The summed E-state index contributed by atoms with van der Waals surface area (Å²) in [5, 5.41) is 0. The van der Waals surface area contributed by atoms with Crippen LogP contribution in [0.3, 0.4) is 0 Å². The van der Waals surface area contributed by atoms with Gasteiger partial charge in [0.1, 0.15) is 0 Å². The molecule has 1 rings (SSSR count). The van der Waals surface area contributed by atoms with E-state index in [-0.39, 0.29) is 11.6 Å². The molecule has 0 aliphatic heterocycles. The SMILES string of the molecule is COCCCS(=O)(=O)NC(C)(CCl)c1ccccc1.